The summed E-state index contributed by atoms with van der Waals surface area (Å²) in [5, 5.41) is 3.64. The van der Waals surface area contributed by atoms with Gasteiger partial charge in [0, 0.05) is 12.1 Å². The summed E-state index contributed by atoms with van der Waals surface area (Å²) in [5.74, 6) is -0.162. The summed E-state index contributed by atoms with van der Waals surface area (Å²) in [6.07, 6.45) is 3.34. The van der Waals surface area contributed by atoms with Crippen molar-refractivity contribution < 1.29 is 4.39 Å². The van der Waals surface area contributed by atoms with E-state index in [0.717, 1.165) is 24.8 Å². The average Bonchev–Trinajstić information content (AvgIpc) is 2.47. The van der Waals surface area contributed by atoms with Gasteiger partial charge < -0.3 is 5.32 Å². The molecule has 1 aliphatic rings. The Bertz CT molecular complexity index is 593. The van der Waals surface area contributed by atoms with E-state index >= 15 is 0 Å². The smallest absolute Gasteiger partial charge is 0.123 e. The van der Waals surface area contributed by atoms with Crippen LogP contribution < -0.4 is 5.32 Å². The number of aryl methyl sites for hydroxylation is 1. The first-order chi connectivity index (χ1) is 9.72. The molecule has 1 nitrogen and oxygen atoms in total. The van der Waals surface area contributed by atoms with E-state index in [9.17, 15) is 4.39 Å². The van der Waals surface area contributed by atoms with Gasteiger partial charge in [0.05, 0.1) is 0 Å². The number of hydrogen-bond donors (Lipinski definition) is 1. The monoisotopic (exact) mass is 269 g/mol. The van der Waals surface area contributed by atoms with Crippen LogP contribution in [0.4, 0.5) is 4.39 Å². The zero-order valence-corrected chi connectivity index (χ0v) is 11.8. The predicted molar refractivity (Wildman–Crippen MR) is 80.2 cm³/mol. The molecule has 0 fully saturated rings. The minimum Gasteiger partial charge on any atom is -0.307 e. The Morgan fingerprint density at radius 3 is 2.70 bits per heavy atom. The molecule has 104 valence electrons. The topological polar surface area (TPSA) is 12.0 Å². The number of nitrogens with one attached hydrogen (secondary N) is 1. The molecule has 0 aromatic heterocycles. The van der Waals surface area contributed by atoms with Crippen molar-refractivity contribution >= 4 is 0 Å². The Labute approximate surface area is 119 Å². The van der Waals surface area contributed by atoms with Gasteiger partial charge in [0.25, 0.3) is 0 Å². The first-order valence-electron chi connectivity index (χ1n) is 7.30. The van der Waals surface area contributed by atoms with Gasteiger partial charge in [-0.2, -0.15) is 0 Å². The van der Waals surface area contributed by atoms with Crippen LogP contribution in [0.15, 0.2) is 48.5 Å². The summed E-state index contributed by atoms with van der Waals surface area (Å²) in [6, 6.07) is 16.2. The quantitative estimate of drug-likeness (QED) is 0.887. The number of hydrogen-bond acceptors (Lipinski definition) is 1. The summed E-state index contributed by atoms with van der Waals surface area (Å²) in [5.41, 5.74) is 3.94. The van der Waals surface area contributed by atoms with E-state index in [1.165, 1.54) is 17.2 Å². The molecule has 0 aliphatic heterocycles. The van der Waals surface area contributed by atoms with Crippen molar-refractivity contribution in [3.63, 3.8) is 0 Å². The van der Waals surface area contributed by atoms with Crippen molar-refractivity contribution in [3.8, 4) is 0 Å². The Hall–Kier alpha value is -1.67. The van der Waals surface area contributed by atoms with Crippen LogP contribution in [0.3, 0.4) is 0 Å². The average molecular weight is 269 g/mol. The number of halogens is 1. The normalized spacial score (nSPS) is 19.4. The Morgan fingerprint density at radius 1 is 1.10 bits per heavy atom. The molecule has 3 rings (SSSR count). The standard InChI is InChI=1S/C18H20FN/c1-13(15-7-4-8-17(19)11-15)20-18-10-9-14-5-2-3-6-16(14)12-18/h2-8,11,13,18,20H,9-10,12H2,1H3/t13-,18?/m0/s1. The summed E-state index contributed by atoms with van der Waals surface area (Å²) in [4.78, 5) is 0. The molecule has 2 aromatic carbocycles. The Kier molecular flexibility index (Phi) is 3.83. The van der Waals surface area contributed by atoms with Crippen molar-refractivity contribution in [1.82, 2.24) is 5.32 Å². The first kappa shape index (κ1) is 13.3. The van der Waals surface area contributed by atoms with E-state index in [1.54, 1.807) is 12.1 Å². The minimum atomic E-state index is -0.162. The maximum Gasteiger partial charge on any atom is 0.123 e. The lowest BCUT2D eigenvalue weighted by Crippen LogP contribution is -2.36. The van der Waals surface area contributed by atoms with Crippen LogP contribution in [0.25, 0.3) is 0 Å². The maximum absolute atomic E-state index is 13.3. The highest BCUT2D eigenvalue weighted by molar-refractivity contribution is 5.30. The molecular formula is C18H20FN. The molecule has 2 atom stereocenters. The highest BCUT2D eigenvalue weighted by Gasteiger charge is 2.20. The largest absolute Gasteiger partial charge is 0.307 e. The fourth-order valence-electron chi connectivity index (χ4n) is 3.07. The summed E-state index contributed by atoms with van der Waals surface area (Å²) < 4.78 is 13.3. The van der Waals surface area contributed by atoms with E-state index in [1.807, 2.05) is 6.07 Å². The van der Waals surface area contributed by atoms with Crippen LogP contribution in [0.1, 0.15) is 36.1 Å². The van der Waals surface area contributed by atoms with Gasteiger partial charge in [0.15, 0.2) is 0 Å². The molecule has 0 bridgehead atoms. The Balaban J connectivity index is 1.67. The number of benzene rings is 2. The summed E-state index contributed by atoms with van der Waals surface area (Å²) in [6.45, 7) is 2.11. The molecule has 0 amide bonds. The summed E-state index contributed by atoms with van der Waals surface area (Å²) in [7, 11) is 0. The molecular weight excluding hydrogens is 249 g/mol. The van der Waals surface area contributed by atoms with Crippen LogP contribution in [0.5, 0.6) is 0 Å². The van der Waals surface area contributed by atoms with E-state index in [4.69, 9.17) is 0 Å². The maximum atomic E-state index is 13.3. The van der Waals surface area contributed by atoms with Gasteiger partial charge in [-0.25, -0.2) is 4.39 Å². The van der Waals surface area contributed by atoms with Crippen molar-refractivity contribution in [3.05, 3.63) is 71.0 Å². The first-order valence-corrected chi connectivity index (χ1v) is 7.30. The molecule has 0 saturated heterocycles. The molecule has 2 aromatic rings. The van der Waals surface area contributed by atoms with Gasteiger partial charge in [0.1, 0.15) is 5.82 Å². The molecule has 0 spiro atoms. The lowest BCUT2D eigenvalue weighted by Gasteiger charge is -2.28. The zero-order valence-electron chi connectivity index (χ0n) is 11.8. The third kappa shape index (κ3) is 2.91. The van der Waals surface area contributed by atoms with Gasteiger partial charge in [-0.1, -0.05) is 36.4 Å². The van der Waals surface area contributed by atoms with Crippen LogP contribution in [0, 0.1) is 5.82 Å². The van der Waals surface area contributed by atoms with E-state index in [0.29, 0.717) is 6.04 Å². The third-order valence-corrected chi connectivity index (χ3v) is 4.18. The molecule has 20 heavy (non-hydrogen) atoms. The second-order valence-corrected chi connectivity index (χ2v) is 5.65. The highest BCUT2D eigenvalue weighted by atomic mass is 19.1. The SMILES string of the molecule is C[C@H](NC1CCc2ccccc2C1)c1cccc(F)c1. The zero-order chi connectivity index (χ0) is 13.9. The fourth-order valence-corrected chi connectivity index (χ4v) is 3.07. The van der Waals surface area contributed by atoms with Crippen molar-refractivity contribution in [2.45, 2.75) is 38.3 Å². The molecule has 0 saturated carbocycles. The van der Waals surface area contributed by atoms with Crippen LogP contribution in [0.2, 0.25) is 0 Å². The summed E-state index contributed by atoms with van der Waals surface area (Å²) >= 11 is 0. The molecule has 0 radical (unpaired) electrons. The lowest BCUT2D eigenvalue weighted by molar-refractivity contribution is 0.413. The highest BCUT2D eigenvalue weighted by Crippen LogP contribution is 2.23. The van der Waals surface area contributed by atoms with Crippen molar-refractivity contribution in [1.29, 1.82) is 0 Å². The fraction of sp³-hybridized carbons (Fsp3) is 0.333. The van der Waals surface area contributed by atoms with Gasteiger partial charge >= 0.3 is 0 Å². The molecule has 1 unspecified atom stereocenters. The molecule has 1 aliphatic carbocycles. The van der Waals surface area contributed by atoms with E-state index < -0.39 is 0 Å². The molecule has 2 heteroatoms. The van der Waals surface area contributed by atoms with Gasteiger partial charge in [-0.3, -0.25) is 0 Å². The second-order valence-electron chi connectivity index (χ2n) is 5.65. The van der Waals surface area contributed by atoms with Gasteiger partial charge in [-0.05, 0) is 55.0 Å². The third-order valence-electron chi connectivity index (χ3n) is 4.18. The van der Waals surface area contributed by atoms with Crippen molar-refractivity contribution in [2.75, 3.05) is 0 Å². The predicted octanol–water partition coefficient (Wildman–Crippen LogP) is 4.03. The van der Waals surface area contributed by atoms with Gasteiger partial charge in [0.2, 0.25) is 0 Å². The number of fused-ring (bicyclic) bond motifs is 1. The second kappa shape index (κ2) is 5.76. The van der Waals surface area contributed by atoms with Crippen LogP contribution in [-0.4, -0.2) is 6.04 Å². The van der Waals surface area contributed by atoms with Gasteiger partial charge in [-0.15, -0.1) is 0 Å². The molecule has 0 heterocycles. The van der Waals surface area contributed by atoms with Crippen LogP contribution >= 0.6 is 0 Å². The van der Waals surface area contributed by atoms with Crippen molar-refractivity contribution in [2.24, 2.45) is 0 Å². The van der Waals surface area contributed by atoms with E-state index in [2.05, 4.69) is 36.5 Å². The molecule has 1 N–H and O–H groups in total. The van der Waals surface area contributed by atoms with Crippen LogP contribution in [-0.2, 0) is 12.8 Å². The van der Waals surface area contributed by atoms with E-state index in [-0.39, 0.29) is 11.9 Å². The Morgan fingerprint density at radius 2 is 1.90 bits per heavy atom. The number of rotatable bonds is 3. The minimum absolute atomic E-state index is 0.162. The lowest BCUT2D eigenvalue weighted by atomic mass is 9.88.